The third-order valence-electron chi connectivity index (χ3n) is 7.15. The van der Waals surface area contributed by atoms with Crippen molar-refractivity contribution in [2.24, 2.45) is 5.92 Å². The van der Waals surface area contributed by atoms with Crippen LogP contribution in [0.1, 0.15) is 38.2 Å². The van der Waals surface area contributed by atoms with E-state index in [0.29, 0.717) is 13.5 Å². The van der Waals surface area contributed by atoms with Crippen LogP contribution in [0.15, 0.2) is 18.2 Å². The number of fused-ring (bicyclic) bond motifs is 1. The lowest BCUT2D eigenvalue weighted by Gasteiger charge is -2.38. The maximum absolute atomic E-state index is 13.2. The van der Waals surface area contributed by atoms with Gasteiger partial charge in [0.15, 0.2) is 11.5 Å². The molecule has 0 radical (unpaired) electrons. The van der Waals surface area contributed by atoms with Gasteiger partial charge in [-0.25, -0.2) is 9.69 Å². The molecule has 4 aliphatic rings. The first-order chi connectivity index (χ1) is 14.5. The Bertz CT molecular complexity index is 838. The third-order valence-corrected chi connectivity index (χ3v) is 7.15. The van der Waals surface area contributed by atoms with Crippen LogP contribution in [-0.2, 0) is 11.3 Å². The summed E-state index contributed by atoms with van der Waals surface area (Å²) in [7, 11) is 0. The van der Waals surface area contributed by atoms with Crippen molar-refractivity contribution in [2.45, 2.75) is 44.7 Å². The summed E-state index contributed by atoms with van der Waals surface area (Å²) in [5.41, 5.74) is 0.534. The number of hydrogen-bond donors (Lipinski definition) is 1. The number of carbonyl (C=O) groups excluding carboxylic acids is 2. The zero-order valence-electron chi connectivity index (χ0n) is 17.6. The van der Waals surface area contributed by atoms with Gasteiger partial charge in [0.2, 0.25) is 6.79 Å². The first-order valence-corrected chi connectivity index (χ1v) is 11.0. The minimum Gasteiger partial charge on any atom is -0.454 e. The van der Waals surface area contributed by atoms with Crippen LogP contribution in [0, 0.1) is 5.92 Å². The predicted octanol–water partition coefficient (Wildman–Crippen LogP) is 1.99. The first-order valence-electron chi connectivity index (χ1n) is 11.0. The van der Waals surface area contributed by atoms with Gasteiger partial charge in [-0.15, -0.1) is 0 Å². The molecule has 3 fully saturated rings. The maximum Gasteiger partial charge on any atom is 0.326 e. The average molecular weight is 415 g/mol. The summed E-state index contributed by atoms with van der Waals surface area (Å²) in [6.45, 7) is 7.11. The Kier molecular flexibility index (Phi) is 5.06. The number of benzene rings is 1. The molecule has 0 aromatic heterocycles. The minimum atomic E-state index is -0.670. The minimum absolute atomic E-state index is 0.0255. The van der Waals surface area contributed by atoms with Gasteiger partial charge in [-0.05, 0) is 36.5 Å². The SMILES string of the molecule is C[C@@H]1CCCC[C@]12NC(=O)N(CN1CCN(Cc3ccc4c(c3)OCO4)CC1)C2=O. The Balaban J connectivity index is 1.15. The molecule has 0 unspecified atom stereocenters. The van der Waals surface area contributed by atoms with Crippen LogP contribution in [0.5, 0.6) is 11.5 Å². The smallest absolute Gasteiger partial charge is 0.326 e. The quantitative estimate of drug-likeness (QED) is 0.760. The number of ether oxygens (including phenoxy) is 2. The molecule has 2 atom stereocenters. The number of nitrogens with zero attached hydrogens (tertiary/aromatic N) is 3. The number of amides is 3. The van der Waals surface area contributed by atoms with Gasteiger partial charge < -0.3 is 14.8 Å². The van der Waals surface area contributed by atoms with Crippen molar-refractivity contribution < 1.29 is 19.1 Å². The van der Waals surface area contributed by atoms with Gasteiger partial charge in [0.05, 0.1) is 6.67 Å². The number of piperazine rings is 1. The summed E-state index contributed by atoms with van der Waals surface area (Å²) in [4.78, 5) is 31.8. The number of urea groups is 1. The molecule has 5 rings (SSSR count). The van der Waals surface area contributed by atoms with E-state index < -0.39 is 5.54 Å². The molecule has 3 aliphatic heterocycles. The van der Waals surface area contributed by atoms with E-state index in [0.717, 1.165) is 69.9 Å². The second kappa shape index (κ2) is 7.74. The fraction of sp³-hybridized carbons (Fsp3) is 0.636. The van der Waals surface area contributed by atoms with Gasteiger partial charge in [-0.1, -0.05) is 25.8 Å². The second-order valence-corrected chi connectivity index (χ2v) is 9.00. The Morgan fingerprint density at radius 2 is 1.83 bits per heavy atom. The summed E-state index contributed by atoms with van der Waals surface area (Å²) in [6.07, 6.45) is 3.90. The Hall–Kier alpha value is -2.32. The molecule has 1 aliphatic carbocycles. The summed E-state index contributed by atoms with van der Waals surface area (Å²) in [5, 5.41) is 3.05. The van der Waals surface area contributed by atoms with Crippen molar-refractivity contribution >= 4 is 11.9 Å². The predicted molar refractivity (Wildman–Crippen MR) is 110 cm³/mol. The zero-order valence-corrected chi connectivity index (χ0v) is 17.6. The third kappa shape index (κ3) is 3.41. The van der Waals surface area contributed by atoms with Crippen LogP contribution < -0.4 is 14.8 Å². The fourth-order valence-electron chi connectivity index (χ4n) is 5.21. The van der Waals surface area contributed by atoms with Gasteiger partial charge in [-0.3, -0.25) is 14.6 Å². The molecule has 8 heteroatoms. The fourth-order valence-corrected chi connectivity index (χ4v) is 5.21. The zero-order chi connectivity index (χ0) is 20.7. The van der Waals surface area contributed by atoms with Crippen LogP contribution in [-0.4, -0.2) is 71.8 Å². The summed E-state index contributed by atoms with van der Waals surface area (Å²) in [5.74, 6) is 1.80. The van der Waals surface area contributed by atoms with Gasteiger partial charge in [0.1, 0.15) is 5.54 Å². The van der Waals surface area contributed by atoms with E-state index in [4.69, 9.17) is 9.47 Å². The highest BCUT2D eigenvalue weighted by Crippen LogP contribution is 2.38. The first kappa shape index (κ1) is 19.6. The maximum atomic E-state index is 13.2. The van der Waals surface area contributed by atoms with Crippen molar-refractivity contribution in [3.63, 3.8) is 0 Å². The van der Waals surface area contributed by atoms with E-state index in [-0.39, 0.29) is 17.9 Å². The van der Waals surface area contributed by atoms with E-state index in [2.05, 4.69) is 28.1 Å². The summed E-state index contributed by atoms with van der Waals surface area (Å²) >= 11 is 0. The highest BCUT2D eigenvalue weighted by Gasteiger charge is 2.55. The van der Waals surface area contributed by atoms with Crippen LogP contribution in [0.2, 0.25) is 0 Å². The normalized spacial score (nSPS) is 29.6. The van der Waals surface area contributed by atoms with Crippen molar-refractivity contribution in [2.75, 3.05) is 39.6 Å². The topological polar surface area (TPSA) is 74.4 Å². The lowest BCUT2D eigenvalue weighted by Crippen LogP contribution is -2.55. The van der Waals surface area contributed by atoms with E-state index >= 15 is 0 Å². The van der Waals surface area contributed by atoms with Crippen LogP contribution in [0.25, 0.3) is 0 Å². The molecule has 1 aromatic carbocycles. The van der Waals surface area contributed by atoms with Gasteiger partial charge >= 0.3 is 6.03 Å². The van der Waals surface area contributed by atoms with Gasteiger partial charge in [0.25, 0.3) is 5.91 Å². The molecule has 1 spiro atoms. The molecule has 1 N–H and O–H groups in total. The lowest BCUT2D eigenvalue weighted by molar-refractivity contribution is -0.136. The monoisotopic (exact) mass is 414 g/mol. The van der Waals surface area contributed by atoms with Crippen LogP contribution in [0.3, 0.4) is 0 Å². The highest BCUT2D eigenvalue weighted by atomic mass is 16.7. The molecule has 3 heterocycles. The van der Waals surface area contributed by atoms with E-state index in [9.17, 15) is 9.59 Å². The largest absolute Gasteiger partial charge is 0.454 e. The Morgan fingerprint density at radius 3 is 2.63 bits per heavy atom. The van der Waals surface area contributed by atoms with Crippen molar-refractivity contribution in [3.8, 4) is 11.5 Å². The highest BCUT2D eigenvalue weighted by molar-refractivity contribution is 6.07. The lowest BCUT2D eigenvalue weighted by atomic mass is 9.73. The van der Waals surface area contributed by atoms with Crippen molar-refractivity contribution in [3.05, 3.63) is 23.8 Å². The Morgan fingerprint density at radius 1 is 1.07 bits per heavy atom. The molecule has 0 bridgehead atoms. The van der Waals surface area contributed by atoms with Gasteiger partial charge in [-0.2, -0.15) is 0 Å². The van der Waals surface area contributed by atoms with E-state index in [1.54, 1.807) is 0 Å². The molecule has 30 heavy (non-hydrogen) atoms. The van der Waals surface area contributed by atoms with Gasteiger partial charge in [0, 0.05) is 32.7 Å². The number of rotatable bonds is 4. The molecular formula is C22H30N4O4. The van der Waals surface area contributed by atoms with Crippen molar-refractivity contribution in [1.82, 2.24) is 20.0 Å². The van der Waals surface area contributed by atoms with E-state index in [1.807, 2.05) is 12.1 Å². The van der Waals surface area contributed by atoms with E-state index in [1.165, 1.54) is 10.5 Å². The number of nitrogens with one attached hydrogen (secondary N) is 1. The summed E-state index contributed by atoms with van der Waals surface area (Å²) < 4.78 is 10.8. The number of hydrogen-bond acceptors (Lipinski definition) is 6. The molecule has 2 saturated heterocycles. The summed E-state index contributed by atoms with van der Waals surface area (Å²) in [6, 6.07) is 5.87. The van der Waals surface area contributed by atoms with Crippen molar-refractivity contribution in [1.29, 1.82) is 0 Å². The number of carbonyl (C=O) groups is 2. The Labute approximate surface area is 177 Å². The molecule has 8 nitrogen and oxygen atoms in total. The molecular weight excluding hydrogens is 384 g/mol. The molecule has 1 saturated carbocycles. The number of imide groups is 1. The molecule has 3 amide bonds. The molecule has 1 aromatic rings. The van der Waals surface area contributed by atoms with Crippen LogP contribution in [0.4, 0.5) is 4.79 Å². The second-order valence-electron chi connectivity index (χ2n) is 9.00. The standard InChI is InChI=1S/C22H30N4O4/c1-16-4-2-3-7-22(16)20(27)26(21(28)23-22)14-25-10-8-24(9-11-25)13-17-5-6-18-19(12-17)30-15-29-18/h5-6,12,16H,2-4,7-11,13-15H2,1H3,(H,23,28)/t16-,22+/m1/s1. The average Bonchev–Trinajstić information content (AvgIpc) is 3.30. The van der Waals surface area contributed by atoms with Crippen LogP contribution >= 0.6 is 0 Å². The molecule has 162 valence electrons.